The number of cyclic esters (lactones) is 1. The number of methoxy groups -OCH3 is 1. The molecule has 3 aliphatic carbocycles. The Morgan fingerprint density at radius 3 is 2.67 bits per heavy atom. The normalized spacial score (nSPS) is 28.9. The molecule has 302 valence electrons. The van der Waals surface area contributed by atoms with Gasteiger partial charge in [0.2, 0.25) is 5.91 Å². The van der Waals surface area contributed by atoms with E-state index in [4.69, 9.17) is 19.4 Å². The minimum Gasteiger partial charge on any atom is -0.464 e. The second kappa shape index (κ2) is 13.7. The summed E-state index contributed by atoms with van der Waals surface area (Å²) in [5.41, 5.74) is 7.86. The highest BCUT2D eigenvalue weighted by molar-refractivity contribution is 7.10. The highest BCUT2D eigenvalue weighted by atomic mass is 32.1. The lowest BCUT2D eigenvalue weighted by Gasteiger charge is -2.47. The van der Waals surface area contributed by atoms with Crippen LogP contribution in [0.1, 0.15) is 82.7 Å². The van der Waals surface area contributed by atoms with Gasteiger partial charge in [0.25, 0.3) is 11.8 Å². The minimum atomic E-state index is -3.16. The van der Waals surface area contributed by atoms with Gasteiger partial charge in [-0.2, -0.15) is 0 Å². The molecule has 2 N–H and O–H groups in total. The van der Waals surface area contributed by atoms with Crippen molar-refractivity contribution in [3.63, 3.8) is 0 Å². The van der Waals surface area contributed by atoms with Crippen LogP contribution in [0.5, 0.6) is 0 Å². The average Bonchev–Trinajstić information content (AvgIpc) is 3.88. The first-order valence-electron chi connectivity index (χ1n) is 20.2. The number of aromatic nitrogens is 3. The zero-order chi connectivity index (χ0) is 40.2. The number of nitrogens with zero attached hydrogens (tertiary/aromatic N) is 4. The fourth-order valence-corrected chi connectivity index (χ4v) is 10.8. The predicted molar refractivity (Wildman–Crippen MR) is 211 cm³/mol. The standard InChI is InChI=1S/C43H50F2N6O5S/c1-7-50-31-12-11-24-17-27(31)28(35(50)25-10-8-15-46-33(25)23(3)55-6)18-41(4,5)21-56-39(54)34-32-29(43(32,44)45)19-51(49-34)38(53)36(48-37(52)26-16-22(26)2)42(13-9-14-42)40-47-30(24)20-57-40/h8,10-12,15,17,20,22-23,26,29,32,34,36,49H,7,9,13-14,16,18-19,21H2,1-6H3,(H,48,52)/t22-,23-,26-,29+,32+,34-,36+/m0/s1. The van der Waals surface area contributed by atoms with Gasteiger partial charge < -0.3 is 19.4 Å². The number of halogens is 2. The van der Waals surface area contributed by atoms with Crippen LogP contribution in [0.2, 0.25) is 0 Å². The van der Waals surface area contributed by atoms with Gasteiger partial charge in [-0.25, -0.2) is 19.2 Å². The lowest BCUT2D eigenvalue weighted by atomic mass is 9.63. The van der Waals surface area contributed by atoms with Crippen LogP contribution in [0, 0.1) is 29.1 Å². The Kier molecular flexibility index (Phi) is 9.17. The van der Waals surface area contributed by atoms with Crippen molar-refractivity contribution in [3.8, 4) is 22.5 Å². The van der Waals surface area contributed by atoms with Crippen molar-refractivity contribution in [1.29, 1.82) is 0 Å². The maximum Gasteiger partial charge on any atom is 0.325 e. The number of nitrogens with one attached hydrogen (secondary N) is 2. The third-order valence-corrected chi connectivity index (χ3v) is 14.5. The smallest absolute Gasteiger partial charge is 0.325 e. The predicted octanol–water partition coefficient (Wildman–Crippen LogP) is 6.84. The highest BCUT2D eigenvalue weighted by Crippen LogP contribution is 2.59. The van der Waals surface area contributed by atoms with Gasteiger partial charge in [-0.15, -0.1) is 11.3 Å². The van der Waals surface area contributed by atoms with Crippen molar-refractivity contribution in [2.45, 2.75) is 103 Å². The maximum absolute atomic E-state index is 15.5. The first kappa shape index (κ1) is 38.3. The van der Waals surface area contributed by atoms with Crippen LogP contribution in [0.4, 0.5) is 8.78 Å². The third-order valence-electron chi connectivity index (χ3n) is 13.4. The zero-order valence-corrected chi connectivity index (χ0v) is 34.1. The summed E-state index contributed by atoms with van der Waals surface area (Å²) < 4.78 is 44.9. The topological polar surface area (TPSA) is 128 Å². The van der Waals surface area contributed by atoms with Gasteiger partial charge in [-0.3, -0.25) is 24.4 Å². The average molecular weight is 801 g/mol. The van der Waals surface area contributed by atoms with E-state index in [9.17, 15) is 14.4 Å². The number of fused-ring (bicyclic) bond motifs is 9. The number of ether oxygens (including phenoxy) is 2. The Labute approximate surface area is 334 Å². The number of pyridine rings is 1. The summed E-state index contributed by atoms with van der Waals surface area (Å²) in [5.74, 6) is -7.27. The van der Waals surface area contributed by atoms with Gasteiger partial charge in [0, 0.05) is 65.1 Å². The molecule has 4 fully saturated rings. The molecule has 3 saturated carbocycles. The van der Waals surface area contributed by atoms with Gasteiger partial charge in [-0.1, -0.05) is 33.3 Å². The van der Waals surface area contributed by atoms with Gasteiger partial charge in [0.1, 0.15) is 17.1 Å². The lowest BCUT2D eigenvalue weighted by Crippen LogP contribution is -2.66. The van der Waals surface area contributed by atoms with Crippen molar-refractivity contribution in [1.82, 2.24) is 30.3 Å². The molecule has 3 aromatic heterocycles. The number of hydrazine groups is 1. The molecule has 0 radical (unpaired) electrons. The van der Waals surface area contributed by atoms with Crippen molar-refractivity contribution in [2.24, 2.45) is 29.1 Å². The number of esters is 1. The molecular formula is C43H50F2N6O5S. The van der Waals surface area contributed by atoms with Crippen LogP contribution in [0.15, 0.2) is 41.9 Å². The Hall–Kier alpha value is -4.27. The van der Waals surface area contributed by atoms with E-state index < -0.39 is 52.5 Å². The molecule has 2 amide bonds. The molecule has 2 aliphatic heterocycles. The Balaban J connectivity index is 1.22. The second-order valence-electron chi connectivity index (χ2n) is 17.7. The summed E-state index contributed by atoms with van der Waals surface area (Å²) in [4.78, 5) is 52.3. The molecule has 11 nitrogen and oxygen atoms in total. The van der Waals surface area contributed by atoms with Crippen LogP contribution in [-0.2, 0) is 42.2 Å². The summed E-state index contributed by atoms with van der Waals surface area (Å²) in [6.45, 7) is 10.4. The van der Waals surface area contributed by atoms with E-state index in [0.29, 0.717) is 25.8 Å². The van der Waals surface area contributed by atoms with Gasteiger partial charge in [-0.05, 0) is 75.3 Å². The van der Waals surface area contributed by atoms with E-state index in [1.54, 1.807) is 13.3 Å². The van der Waals surface area contributed by atoms with Crippen LogP contribution >= 0.6 is 11.3 Å². The molecule has 7 atom stereocenters. The van der Waals surface area contributed by atoms with E-state index in [1.807, 2.05) is 39.1 Å². The third kappa shape index (κ3) is 6.19. The van der Waals surface area contributed by atoms with Crippen molar-refractivity contribution >= 4 is 40.0 Å². The fraction of sp³-hybridized carbons (Fsp3) is 0.558. The number of benzene rings is 1. The molecular weight excluding hydrogens is 751 g/mol. The van der Waals surface area contributed by atoms with Crippen LogP contribution in [0.3, 0.4) is 0 Å². The number of rotatable bonds is 6. The number of carbonyl (C=O) groups is 3. The maximum atomic E-state index is 15.5. The number of thiazole rings is 1. The summed E-state index contributed by atoms with van der Waals surface area (Å²) in [7, 11) is 1.66. The quantitative estimate of drug-likeness (QED) is 0.203. The summed E-state index contributed by atoms with van der Waals surface area (Å²) in [5, 5.41) is 7.99. The molecule has 5 aliphatic rings. The fourth-order valence-electron chi connectivity index (χ4n) is 9.64. The monoisotopic (exact) mass is 800 g/mol. The molecule has 6 bridgehead atoms. The number of aryl methyl sites for hydroxylation is 1. The number of hydrogen-bond donors (Lipinski definition) is 2. The number of carbonyl (C=O) groups excluding carboxylic acids is 3. The van der Waals surface area contributed by atoms with Crippen LogP contribution < -0.4 is 10.7 Å². The van der Waals surface area contributed by atoms with Gasteiger partial charge in [0.15, 0.2) is 0 Å². The molecule has 57 heavy (non-hydrogen) atoms. The molecule has 1 spiro atoms. The Morgan fingerprint density at radius 1 is 1.21 bits per heavy atom. The van der Waals surface area contributed by atoms with Crippen LogP contribution in [0.25, 0.3) is 33.4 Å². The van der Waals surface area contributed by atoms with Crippen molar-refractivity contribution in [2.75, 3.05) is 20.3 Å². The minimum absolute atomic E-state index is 0.0516. The summed E-state index contributed by atoms with van der Waals surface area (Å²) in [6, 6.07) is 7.85. The van der Waals surface area contributed by atoms with Gasteiger partial charge >= 0.3 is 5.97 Å². The molecule has 1 saturated heterocycles. The summed E-state index contributed by atoms with van der Waals surface area (Å²) in [6.07, 6.45) is 4.68. The molecule has 5 heterocycles. The number of hydrogen-bond acceptors (Lipinski definition) is 9. The van der Waals surface area contributed by atoms with Gasteiger partial charge in [0.05, 0.1) is 47.0 Å². The van der Waals surface area contributed by atoms with E-state index in [1.165, 1.54) is 11.3 Å². The van der Waals surface area contributed by atoms with Crippen molar-refractivity contribution < 1.29 is 32.6 Å². The molecule has 14 heteroatoms. The number of amides is 2. The van der Waals surface area contributed by atoms with E-state index >= 15 is 8.78 Å². The molecule has 0 unspecified atom stereocenters. The molecule has 4 aromatic rings. The number of alkyl halides is 2. The molecule has 1 aromatic carbocycles. The Bertz CT molecular complexity index is 2280. The van der Waals surface area contributed by atoms with E-state index in [2.05, 4.69) is 46.5 Å². The van der Waals surface area contributed by atoms with E-state index in [0.717, 1.165) is 67.5 Å². The highest BCUT2D eigenvalue weighted by Gasteiger charge is 2.75. The van der Waals surface area contributed by atoms with Crippen molar-refractivity contribution in [3.05, 3.63) is 58.2 Å². The largest absolute Gasteiger partial charge is 0.464 e. The molecule has 9 rings (SSSR count). The van der Waals surface area contributed by atoms with Crippen LogP contribution in [-0.4, -0.2) is 75.6 Å². The first-order valence-corrected chi connectivity index (χ1v) is 21.1. The SMILES string of the molecule is CCn1c(-c2cccnc2[C@H](C)OC)c2c3cc(ccc31)-c1csc(n1)C1(CCC1)[C@H](NC(=O)[C@H]1C[C@@H]1C)C(=O)N1C[C@@H]3[C@H]([C@H](N1)C(=O)OCC(C)(C)C2)C3(F)F. The van der Waals surface area contributed by atoms with E-state index in [-0.39, 0.29) is 37.0 Å². The Morgan fingerprint density at radius 2 is 1.98 bits per heavy atom. The second-order valence-corrected chi connectivity index (χ2v) is 18.6. The first-order chi connectivity index (χ1) is 27.2. The zero-order valence-electron chi connectivity index (χ0n) is 33.2. The summed E-state index contributed by atoms with van der Waals surface area (Å²) >= 11 is 1.46. The lowest BCUT2D eigenvalue weighted by molar-refractivity contribution is -0.157.